The highest BCUT2D eigenvalue weighted by molar-refractivity contribution is 6.14. The van der Waals surface area contributed by atoms with Crippen LogP contribution in [0.5, 0.6) is 0 Å². The van der Waals surface area contributed by atoms with Crippen LogP contribution in [-0.4, -0.2) is 14.1 Å². The Hall–Kier alpha value is -5.66. The maximum Gasteiger partial charge on any atom is 0.138 e. The molecule has 3 heterocycles. The number of rotatable bonds is 3. The van der Waals surface area contributed by atoms with Gasteiger partial charge in [-0.05, 0) is 86.3 Å². The van der Waals surface area contributed by atoms with Gasteiger partial charge < -0.3 is 4.57 Å². The van der Waals surface area contributed by atoms with Crippen LogP contribution >= 0.6 is 0 Å². The maximum absolute atomic E-state index is 10.2. The highest BCUT2D eigenvalue weighted by atomic mass is 15.1. The largest absolute Gasteiger partial charge is 0.307 e. The van der Waals surface area contributed by atoms with E-state index < -0.39 is 0 Å². The van der Waals surface area contributed by atoms with Crippen LogP contribution in [0.4, 0.5) is 0 Å². The number of hydrogen-bond donors (Lipinski definition) is 0. The Kier molecular flexibility index (Phi) is 5.73. The predicted molar refractivity (Wildman–Crippen MR) is 182 cm³/mol. The molecule has 0 aliphatic heterocycles. The Labute approximate surface area is 256 Å². The highest BCUT2D eigenvalue weighted by Crippen LogP contribution is 2.41. The first-order valence-corrected chi connectivity index (χ1v) is 15.0. The second-order valence-corrected chi connectivity index (χ2v) is 11.8. The van der Waals surface area contributed by atoms with Crippen molar-refractivity contribution in [1.82, 2.24) is 14.1 Å². The zero-order valence-corrected chi connectivity index (χ0v) is 25.2. The molecule has 0 unspecified atom stereocenters. The van der Waals surface area contributed by atoms with Gasteiger partial charge in [-0.1, -0.05) is 66.7 Å². The van der Waals surface area contributed by atoms with Crippen LogP contribution in [0.1, 0.15) is 27.8 Å². The Bertz CT molecular complexity index is 2380. The molecule has 0 aliphatic rings. The van der Waals surface area contributed by atoms with Crippen molar-refractivity contribution in [3.63, 3.8) is 0 Å². The molecule has 0 saturated heterocycles. The molecule has 4 nitrogen and oxygen atoms in total. The number of aryl methyl sites for hydroxylation is 4. The lowest BCUT2D eigenvalue weighted by atomic mass is 9.99. The van der Waals surface area contributed by atoms with E-state index in [1.807, 2.05) is 30.5 Å². The standard InChI is InChI=1S/C40H30N4/c1-24-11-7-17-31-37(24)38-25(2)12-8-18-32(38)43(31)35-23-42-36(21-30(35)29-16-6-5-15-28(29)22-41)44-33-19-9-13-26(3)39(33)40-27(4)14-10-20-34(40)44/h5-21,23H,1-4H3. The third-order valence-corrected chi connectivity index (χ3v) is 9.14. The van der Waals surface area contributed by atoms with Crippen LogP contribution in [0.3, 0.4) is 0 Å². The average Bonchev–Trinajstić information content (AvgIpc) is 3.57. The summed E-state index contributed by atoms with van der Waals surface area (Å²) in [4.78, 5) is 5.20. The van der Waals surface area contributed by atoms with E-state index in [9.17, 15) is 5.26 Å². The molecular formula is C40H30N4. The van der Waals surface area contributed by atoms with E-state index in [1.165, 1.54) is 43.8 Å². The molecule has 3 aromatic heterocycles. The first kappa shape index (κ1) is 26.0. The smallest absolute Gasteiger partial charge is 0.138 e. The van der Waals surface area contributed by atoms with E-state index in [-0.39, 0.29) is 0 Å². The molecule has 0 saturated carbocycles. The minimum atomic E-state index is 0.632. The fraction of sp³-hybridized carbons (Fsp3) is 0.100. The van der Waals surface area contributed by atoms with Crippen molar-refractivity contribution in [2.75, 3.05) is 0 Å². The van der Waals surface area contributed by atoms with Crippen molar-refractivity contribution >= 4 is 43.6 Å². The summed E-state index contributed by atoms with van der Waals surface area (Å²) < 4.78 is 4.60. The van der Waals surface area contributed by atoms with Gasteiger partial charge in [0.1, 0.15) is 5.82 Å². The molecule has 0 fully saturated rings. The second kappa shape index (κ2) is 9.69. The van der Waals surface area contributed by atoms with Gasteiger partial charge in [0.05, 0.1) is 45.6 Å². The van der Waals surface area contributed by atoms with Gasteiger partial charge in [-0.3, -0.25) is 4.57 Å². The van der Waals surface area contributed by atoms with E-state index in [1.54, 1.807) is 0 Å². The molecule has 0 atom stereocenters. The fourth-order valence-corrected chi connectivity index (χ4v) is 7.19. The van der Waals surface area contributed by atoms with Gasteiger partial charge in [-0.2, -0.15) is 5.26 Å². The Morgan fingerprint density at radius 1 is 0.523 bits per heavy atom. The van der Waals surface area contributed by atoms with Gasteiger partial charge >= 0.3 is 0 Å². The van der Waals surface area contributed by atoms with E-state index >= 15 is 0 Å². The molecule has 210 valence electrons. The Balaban J connectivity index is 1.53. The number of aromatic nitrogens is 3. The average molecular weight is 567 g/mol. The number of fused-ring (bicyclic) bond motifs is 6. The number of pyridine rings is 1. The quantitative estimate of drug-likeness (QED) is 0.214. The van der Waals surface area contributed by atoms with E-state index in [0.29, 0.717) is 5.56 Å². The van der Waals surface area contributed by atoms with E-state index in [0.717, 1.165) is 44.7 Å². The number of nitriles is 1. The van der Waals surface area contributed by atoms with Gasteiger partial charge in [0, 0.05) is 32.7 Å². The molecule has 0 aliphatic carbocycles. The molecule has 8 rings (SSSR count). The highest BCUT2D eigenvalue weighted by Gasteiger charge is 2.22. The molecule has 0 radical (unpaired) electrons. The maximum atomic E-state index is 10.2. The molecule has 44 heavy (non-hydrogen) atoms. The zero-order valence-electron chi connectivity index (χ0n) is 25.2. The topological polar surface area (TPSA) is 46.5 Å². The zero-order chi connectivity index (χ0) is 30.1. The third-order valence-electron chi connectivity index (χ3n) is 9.14. The molecule has 0 spiro atoms. The van der Waals surface area contributed by atoms with Gasteiger partial charge in [0.25, 0.3) is 0 Å². The van der Waals surface area contributed by atoms with E-state index in [4.69, 9.17) is 4.98 Å². The summed E-state index contributed by atoms with van der Waals surface area (Å²) in [6.45, 7) is 8.71. The second-order valence-electron chi connectivity index (χ2n) is 11.8. The van der Waals surface area contributed by atoms with Crippen molar-refractivity contribution in [2.24, 2.45) is 0 Å². The van der Waals surface area contributed by atoms with Gasteiger partial charge in [-0.15, -0.1) is 0 Å². The summed E-state index contributed by atoms with van der Waals surface area (Å²) in [6.07, 6.45) is 1.99. The van der Waals surface area contributed by atoms with Crippen molar-refractivity contribution in [1.29, 1.82) is 5.26 Å². The molecule has 8 aromatic rings. The monoisotopic (exact) mass is 566 g/mol. The summed E-state index contributed by atoms with van der Waals surface area (Å²) in [6, 6.07) is 38.4. The van der Waals surface area contributed by atoms with Crippen molar-refractivity contribution in [2.45, 2.75) is 27.7 Å². The van der Waals surface area contributed by atoms with Crippen molar-refractivity contribution in [3.8, 4) is 28.7 Å². The first-order valence-electron chi connectivity index (χ1n) is 15.0. The SMILES string of the molecule is Cc1cccc2c1c1c(C)cccc1n2-c1cc(-c2ccccc2C#N)c(-n2c3cccc(C)c3c3c(C)cccc32)cn1. The summed E-state index contributed by atoms with van der Waals surface area (Å²) in [7, 11) is 0. The fourth-order valence-electron chi connectivity index (χ4n) is 7.19. The van der Waals surface area contributed by atoms with Crippen molar-refractivity contribution < 1.29 is 0 Å². The minimum absolute atomic E-state index is 0.632. The number of benzene rings is 5. The summed E-state index contributed by atoms with van der Waals surface area (Å²) in [5.74, 6) is 0.820. The van der Waals surface area contributed by atoms with Crippen LogP contribution in [0.25, 0.3) is 66.2 Å². The Morgan fingerprint density at radius 2 is 0.977 bits per heavy atom. The van der Waals surface area contributed by atoms with Gasteiger partial charge in [0.2, 0.25) is 0 Å². The van der Waals surface area contributed by atoms with Crippen LogP contribution in [0.2, 0.25) is 0 Å². The van der Waals surface area contributed by atoms with Crippen LogP contribution in [-0.2, 0) is 0 Å². The molecule has 0 N–H and O–H groups in total. The summed E-state index contributed by atoms with van der Waals surface area (Å²) >= 11 is 0. The first-order chi connectivity index (χ1) is 21.5. The van der Waals surface area contributed by atoms with Gasteiger partial charge in [-0.25, -0.2) is 4.98 Å². The molecule has 0 bridgehead atoms. The lowest BCUT2D eigenvalue weighted by Crippen LogP contribution is -2.04. The van der Waals surface area contributed by atoms with Crippen LogP contribution in [0, 0.1) is 39.0 Å². The number of hydrogen-bond acceptors (Lipinski definition) is 2. The number of nitrogens with zero attached hydrogens (tertiary/aromatic N) is 4. The predicted octanol–water partition coefficient (Wildman–Crippen LogP) is 10.0. The normalized spacial score (nSPS) is 11.6. The molecule has 4 heteroatoms. The summed E-state index contributed by atoms with van der Waals surface area (Å²) in [5, 5.41) is 15.2. The summed E-state index contributed by atoms with van der Waals surface area (Å²) in [5.41, 5.74) is 12.9. The lowest BCUT2D eigenvalue weighted by Gasteiger charge is -2.17. The molecule has 0 amide bonds. The Morgan fingerprint density at radius 3 is 1.45 bits per heavy atom. The van der Waals surface area contributed by atoms with Gasteiger partial charge in [0.15, 0.2) is 0 Å². The third kappa shape index (κ3) is 3.60. The lowest BCUT2D eigenvalue weighted by molar-refractivity contribution is 1.05. The molecule has 5 aromatic carbocycles. The van der Waals surface area contributed by atoms with E-state index in [2.05, 4.69) is 122 Å². The minimum Gasteiger partial charge on any atom is -0.307 e. The van der Waals surface area contributed by atoms with Crippen molar-refractivity contribution in [3.05, 3.63) is 137 Å². The molecular weight excluding hydrogens is 536 g/mol. The van der Waals surface area contributed by atoms with Crippen LogP contribution < -0.4 is 0 Å². The van der Waals surface area contributed by atoms with Crippen LogP contribution in [0.15, 0.2) is 109 Å².